The summed E-state index contributed by atoms with van der Waals surface area (Å²) in [4.78, 5) is 17.5. The standard InChI is InChI=1S/C28H32F6N6O2/c1-16-10-21-22(8-7-9-39(23(21)11-17(16)2)25(41)42-26(3,4)5)40(24-35-37-38(6)36-24)15-18-12-19(27(29,30)31)14-20(13-18)28(32,33)34/h10-14,22H,7-9,15H2,1-6H3/t22-/m0/s1. The summed E-state index contributed by atoms with van der Waals surface area (Å²) in [6.45, 7) is 8.90. The highest BCUT2D eigenvalue weighted by molar-refractivity contribution is 5.89. The molecule has 42 heavy (non-hydrogen) atoms. The highest BCUT2D eigenvalue weighted by atomic mass is 19.4. The fourth-order valence-electron chi connectivity index (χ4n) is 4.89. The molecule has 0 saturated carbocycles. The van der Waals surface area contributed by atoms with Crippen LogP contribution in [-0.2, 0) is 30.7 Å². The number of fused-ring (bicyclic) bond motifs is 1. The molecule has 14 heteroatoms. The smallest absolute Gasteiger partial charge is 0.416 e. The van der Waals surface area contributed by atoms with Crippen LogP contribution in [0.15, 0.2) is 30.3 Å². The Hall–Kier alpha value is -3.84. The molecule has 0 aliphatic carbocycles. The SMILES string of the molecule is Cc1cc2c(cc1C)N(C(=O)OC(C)(C)C)CCC[C@@H]2N(Cc1cc(C(F)(F)F)cc(C(F)(F)F)c1)c1nnn(C)n1. The highest BCUT2D eigenvalue weighted by Crippen LogP contribution is 2.42. The largest absolute Gasteiger partial charge is 0.443 e. The van der Waals surface area contributed by atoms with Gasteiger partial charge in [-0.2, -0.15) is 31.1 Å². The van der Waals surface area contributed by atoms with E-state index in [1.54, 1.807) is 20.8 Å². The van der Waals surface area contributed by atoms with Crippen molar-refractivity contribution in [2.75, 3.05) is 16.3 Å². The lowest BCUT2D eigenvalue weighted by atomic mass is 9.95. The predicted molar refractivity (Wildman–Crippen MR) is 143 cm³/mol. The van der Waals surface area contributed by atoms with Crippen molar-refractivity contribution in [3.05, 3.63) is 63.7 Å². The van der Waals surface area contributed by atoms with E-state index < -0.39 is 41.2 Å². The van der Waals surface area contributed by atoms with E-state index in [4.69, 9.17) is 4.74 Å². The van der Waals surface area contributed by atoms with Gasteiger partial charge in [-0.3, -0.25) is 4.90 Å². The predicted octanol–water partition coefficient (Wildman–Crippen LogP) is 7.15. The molecule has 0 unspecified atom stereocenters. The molecule has 1 atom stereocenters. The number of alkyl halides is 6. The number of nitrogens with zero attached hydrogens (tertiary/aromatic N) is 6. The van der Waals surface area contributed by atoms with Crippen LogP contribution in [0.1, 0.15) is 73.0 Å². The second-order valence-electron chi connectivity index (χ2n) is 11.4. The van der Waals surface area contributed by atoms with Crippen molar-refractivity contribution in [2.24, 2.45) is 7.05 Å². The summed E-state index contributed by atoms with van der Waals surface area (Å²) < 4.78 is 87.6. The number of carbonyl (C=O) groups is 1. The molecule has 1 aromatic heterocycles. The molecule has 3 aromatic rings. The number of halogens is 6. The molecule has 1 aliphatic heterocycles. The molecule has 1 amide bonds. The first-order chi connectivity index (χ1) is 19.3. The lowest BCUT2D eigenvalue weighted by Crippen LogP contribution is -2.37. The normalized spacial score (nSPS) is 16.2. The topological polar surface area (TPSA) is 76.4 Å². The third kappa shape index (κ3) is 6.96. The Morgan fingerprint density at radius 3 is 2.10 bits per heavy atom. The molecule has 0 bridgehead atoms. The molecule has 2 aromatic carbocycles. The highest BCUT2D eigenvalue weighted by Gasteiger charge is 2.38. The Morgan fingerprint density at radius 1 is 0.976 bits per heavy atom. The maximum absolute atomic E-state index is 13.7. The monoisotopic (exact) mass is 598 g/mol. The number of ether oxygens (including phenoxy) is 1. The average Bonchev–Trinajstić information content (AvgIpc) is 3.20. The van der Waals surface area contributed by atoms with Gasteiger partial charge in [-0.05, 0) is 99.2 Å². The molecule has 228 valence electrons. The third-order valence-electron chi connectivity index (χ3n) is 6.90. The fourth-order valence-corrected chi connectivity index (χ4v) is 4.89. The molecule has 0 saturated heterocycles. The van der Waals surface area contributed by atoms with Gasteiger partial charge in [-0.25, -0.2) is 4.79 Å². The van der Waals surface area contributed by atoms with E-state index in [0.717, 1.165) is 15.9 Å². The Labute approximate surface area is 239 Å². The maximum Gasteiger partial charge on any atom is 0.416 e. The summed E-state index contributed by atoms with van der Waals surface area (Å²) >= 11 is 0. The summed E-state index contributed by atoms with van der Waals surface area (Å²) in [6.07, 6.45) is -9.72. The van der Waals surface area contributed by atoms with Crippen molar-refractivity contribution in [3.63, 3.8) is 0 Å². The van der Waals surface area contributed by atoms with Crippen LogP contribution >= 0.6 is 0 Å². The number of tetrazole rings is 1. The molecule has 0 spiro atoms. The Balaban J connectivity index is 1.87. The van der Waals surface area contributed by atoms with E-state index >= 15 is 0 Å². The van der Waals surface area contributed by atoms with Gasteiger partial charge in [0, 0.05) is 13.1 Å². The summed E-state index contributed by atoms with van der Waals surface area (Å²) in [5.74, 6) is 0.0170. The molecule has 1 aliphatic rings. The van der Waals surface area contributed by atoms with Crippen molar-refractivity contribution < 1.29 is 35.9 Å². The van der Waals surface area contributed by atoms with Gasteiger partial charge < -0.3 is 9.64 Å². The minimum absolute atomic E-state index is 0.0170. The number of hydrogen-bond acceptors (Lipinski definition) is 6. The van der Waals surface area contributed by atoms with Crippen LogP contribution in [0, 0.1) is 13.8 Å². The zero-order valence-electron chi connectivity index (χ0n) is 24.1. The third-order valence-corrected chi connectivity index (χ3v) is 6.90. The van der Waals surface area contributed by atoms with Crippen LogP contribution in [0.5, 0.6) is 0 Å². The first-order valence-corrected chi connectivity index (χ1v) is 13.2. The van der Waals surface area contributed by atoms with Gasteiger partial charge in [-0.15, -0.1) is 5.10 Å². The van der Waals surface area contributed by atoms with Gasteiger partial charge in [-0.1, -0.05) is 11.2 Å². The molecular weight excluding hydrogens is 566 g/mol. The summed E-state index contributed by atoms with van der Waals surface area (Å²) in [5.41, 5.74) is -0.886. The summed E-state index contributed by atoms with van der Waals surface area (Å²) in [6, 6.07) is 4.57. The molecule has 8 nitrogen and oxygen atoms in total. The van der Waals surface area contributed by atoms with Gasteiger partial charge >= 0.3 is 18.4 Å². The lowest BCUT2D eigenvalue weighted by Gasteiger charge is -2.33. The van der Waals surface area contributed by atoms with Gasteiger partial charge in [0.15, 0.2) is 0 Å². The Kier molecular flexibility index (Phi) is 8.22. The lowest BCUT2D eigenvalue weighted by molar-refractivity contribution is -0.143. The van der Waals surface area contributed by atoms with Crippen molar-refractivity contribution in [2.45, 2.75) is 78.0 Å². The number of carbonyl (C=O) groups excluding carboxylic acids is 1. The molecule has 0 radical (unpaired) electrons. The summed E-state index contributed by atoms with van der Waals surface area (Å²) in [7, 11) is 1.50. The van der Waals surface area contributed by atoms with Crippen molar-refractivity contribution in [1.82, 2.24) is 20.2 Å². The van der Waals surface area contributed by atoms with Crippen molar-refractivity contribution in [3.8, 4) is 0 Å². The van der Waals surface area contributed by atoms with Gasteiger partial charge in [0.25, 0.3) is 5.95 Å². The maximum atomic E-state index is 13.7. The fraction of sp³-hybridized carbons (Fsp3) is 0.500. The van der Waals surface area contributed by atoms with Crippen LogP contribution < -0.4 is 9.80 Å². The van der Waals surface area contributed by atoms with Crippen LogP contribution in [0.4, 0.5) is 42.8 Å². The zero-order valence-corrected chi connectivity index (χ0v) is 24.1. The Morgan fingerprint density at radius 2 is 1.57 bits per heavy atom. The van der Waals surface area contributed by atoms with E-state index in [1.807, 2.05) is 26.0 Å². The molecule has 4 rings (SSSR count). The number of benzene rings is 2. The Bertz CT molecular complexity index is 1430. The number of anilines is 2. The number of hydrogen-bond donors (Lipinski definition) is 0. The van der Waals surface area contributed by atoms with Crippen LogP contribution in [-0.4, -0.2) is 38.4 Å². The molecule has 2 heterocycles. The number of amides is 1. The number of aromatic nitrogens is 4. The molecular formula is C28H32F6N6O2. The number of rotatable bonds is 4. The van der Waals surface area contributed by atoms with Crippen LogP contribution in [0.2, 0.25) is 0 Å². The second kappa shape index (κ2) is 11.1. The molecule has 0 fully saturated rings. The van der Waals surface area contributed by atoms with Crippen LogP contribution in [0.3, 0.4) is 0 Å². The average molecular weight is 599 g/mol. The quantitative estimate of drug-likeness (QED) is 0.297. The van der Waals surface area contributed by atoms with E-state index in [2.05, 4.69) is 15.4 Å². The molecule has 0 N–H and O–H groups in total. The van der Waals surface area contributed by atoms with Crippen molar-refractivity contribution >= 4 is 17.7 Å². The van der Waals surface area contributed by atoms with Gasteiger partial charge in [0.1, 0.15) is 5.60 Å². The first kappa shape index (κ1) is 31.1. The summed E-state index contributed by atoms with van der Waals surface area (Å²) in [5, 5.41) is 12.1. The van der Waals surface area contributed by atoms with E-state index in [1.165, 1.54) is 16.8 Å². The minimum atomic E-state index is -5.00. The van der Waals surface area contributed by atoms with E-state index in [0.29, 0.717) is 36.2 Å². The number of aryl methyl sites for hydroxylation is 3. The minimum Gasteiger partial charge on any atom is -0.443 e. The van der Waals surface area contributed by atoms with Gasteiger partial charge in [0.2, 0.25) is 0 Å². The zero-order chi connectivity index (χ0) is 31.2. The first-order valence-electron chi connectivity index (χ1n) is 13.2. The van der Waals surface area contributed by atoms with E-state index in [9.17, 15) is 31.1 Å². The van der Waals surface area contributed by atoms with Crippen LogP contribution in [0.25, 0.3) is 0 Å². The van der Waals surface area contributed by atoms with Gasteiger partial charge in [0.05, 0.1) is 29.9 Å². The van der Waals surface area contributed by atoms with E-state index in [-0.39, 0.29) is 30.7 Å². The second-order valence-corrected chi connectivity index (χ2v) is 11.4. The van der Waals surface area contributed by atoms with Crippen molar-refractivity contribution in [1.29, 1.82) is 0 Å².